The Kier molecular flexibility index (Phi) is 3.22. The van der Waals surface area contributed by atoms with Crippen molar-refractivity contribution >= 4 is 0 Å². The van der Waals surface area contributed by atoms with E-state index < -0.39 is 0 Å². The Morgan fingerprint density at radius 3 is 2.50 bits per heavy atom. The van der Waals surface area contributed by atoms with Crippen LogP contribution in [0.4, 0.5) is 0 Å². The van der Waals surface area contributed by atoms with E-state index in [4.69, 9.17) is 0 Å². The molecule has 1 fully saturated rings. The van der Waals surface area contributed by atoms with E-state index >= 15 is 0 Å². The molecule has 94 valence electrons. The van der Waals surface area contributed by atoms with Gasteiger partial charge in [0.25, 0.3) is 0 Å². The molecule has 1 aliphatic rings. The molecule has 3 rings (SSSR count). The van der Waals surface area contributed by atoms with Crippen LogP contribution < -0.4 is 0 Å². The molecule has 1 nitrogen and oxygen atoms in total. The maximum Gasteiger partial charge on any atom is 0.0253 e. The molecule has 0 atom stereocenters. The van der Waals surface area contributed by atoms with E-state index in [1.165, 1.54) is 36.3 Å². The van der Waals surface area contributed by atoms with E-state index in [1.807, 2.05) is 0 Å². The molecule has 0 unspecified atom stereocenters. The Morgan fingerprint density at radius 2 is 1.78 bits per heavy atom. The van der Waals surface area contributed by atoms with Crippen molar-refractivity contribution in [3.8, 4) is 0 Å². The number of rotatable bonds is 5. The highest BCUT2D eigenvalue weighted by Gasteiger charge is 2.22. The van der Waals surface area contributed by atoms with E-state index in [9.17, 15) is 0 Å². The van der Waals surface area contributed by atoms with Gasteiger partial charge in [0.15, 0.2) is 0 Å². The molecular formula is C17H21N. The van der Waals surface area contributed by atoms with Crippen molar-refractivity contribution in [2.45, 2.75) is 39.2 Å². The van der Waals surface area contributed by atoms with Gasteiger partial charge >= 0.3 is 0 Å². The first-order chi connectivity index (χ1) is 8.83. The molecule has 18 heavy (non-hydrogen) atoms. The Bertz CT molecular complexity index is 506. The third-order valence-corrected chi connectivity index (χ3v) is 3.94. The Labute approximate surface area is 109 Å². The third-order valence-electron chi connectivity index (χ3n) is 3.94. The van der Waals surface area contributed by atoms with Crippen LogP contribution in [0.1, 0.15) is 29.8 Å². The number of aryl methyl sites for hydroxylation is 3. The van der Waals surface area contributed by atoms with E-state index in [0.717, 1.165) is 18.8 Å². The van der Waals surface area contributed by atoms with Gasteiger partial charge in [-0.2, -0.15) is 0 Å². The van der Waals surface area contributed by atoms with Crippen LogP contribution in [-0.2, 0) is 19.4 Å². The Morgan fingerprint density at radius 1 is 1.00 bits per heavy atom. The maximum atomic E-state index is 2.53. The molecule has 0 radical (unpaired) electrons. The smallest absolute Gasteiger partial charge is 0.0253 e. The lowest BCUT2D eigenvalue weighted by Gasteiger charge is -2.11. The van der Waals surface area contributed by atoms with Gasteiger partial charge in [0.1, 0.15) is 0 Å². The quantitative estimate of drug-likeness (QED) is 0.743. The standard InChI is InChI=1S/C17H21N/c1-14-7-11-17(18(14)13-16-8-9-16)12-10-15-5-3-2-4-6-15/h2-7,11,16H,8-10,12-13H2,1H3. The molecule has 0 bridgehead atoms. The van der Waals surface area contributed by atoms with Crippen molar-refractivity contribution in [2.75, 3.05) is 0 Å². The van der Waals surface area contributed by atoms with E-state index in [0.29, 0.717) is 0 Å². The average Bonchev–Trinajstić information content (AvgIpc) is 3.15. The summed E-state index contributed by atoms with van der Waals surface area (Å²) in [5, 5.41) is 0. The van der Waals surface area contributed by atoms with Gasteiger partial charge in [-0.05, 0) is 56.2 Å². The summed E-state index contributed by atoms with van der Waals surface area (Å²) >= 11 is 0. The molecule has 0 N–H and O–H groups in total. The zero-order chi connectivity index (χ0) is 12.4. The molecular weight excluding hydrogens is 218 g/mol. The molecule has 1 aliphatic carbocycles. The number of hydrogen-bond donors (Lipinski definition) is 0. The van der Waals surface area contributed by atoms with Gasteiger partial charge in [0, 0.05) is 17.9 Å². The molecule has 0 amide bonds. The highest BCUT2D eigenvalue weighted by molar-refractivity contribution is 5.20. The van der Waals surface area contributed by atoms with Gasteiger partial charge in [0.2, 0.25) is 0 Å². The minimum Gasteiger partial charge on any atom is -0.349 e. The predicted molar refractivity (Wildman–Crippen MR) is 75.7 cm³/mol. The number of benzene rings is 1. The molecule has 1 saturated carbocycles. The predicted octanol–water partition coefficient (Wildman–Crippen LogP) is 3.99. The summed E-state index contributed by atoms with van der Waals surface area (Å²) in [6.45, 7) is 3.47. The van der Waals surface area contributed by atoms with Crippen molar-refractivity contribution in [1.82, 2.24) is 4.57 Å². The second-order valence-corrected chi connectivity index (χ2v) is 5.51. The molecule has 0 saturated heterocycles. The summed E-state index contributed by atoms with van der Waals surface area (Å²) in [5.74, 6) is 0.951. The van der Waals surface area contributed by atoms with Gasteiger partial charge < -0.3 is 4.57 Å². The lowest BCUT2D eigenvalue weighted by molar-refractivity contribution is 0.589. The lowest BCUT2D eigenvalue weighted by atomic mass is 10.1. The summed E-state index contributed by atoms with van der Waals surface area (Å²) < 4.78 is 2.53. The van der Waals surface area contributed by atoms with Gasteiger partial charge in [-0.15, -0.1) is 0 Å². The minimum atomic E-state index is 0.951. The van der Waals surface area contributed by atoms with Crippen LogP contribution in [-0.4, -0.2) is 4.57 Å². The first-order valence-electron chi connectivity index (χ1n) is 7.02. The van der Waals surface area contributed by atoms with E-state index in [-0.39, 0.29) is 0 Å². The molecule has 1 heterocycles. The van der Waals surface area contributed by atoms with Crippen LogP contribution in [0.5, 0.6) is 0 Å². The van der Waals surface area contributed by atoms with Gasteiger partial charge in [-0.3, -0.25) is 0 Å². The summed E-state index contributed by atoms with van der Waals surface area (Å²) in [7, 11) is 0. The van der Waals surface area contributed by atoms with Crippen LogP contribution in [0.25, 0.3) is 0 Å². The average molecular weight is 239 g/mol. The van der Waals surface area contributed by atoms with Gasteiger partial charge in [-0.1, -0.05) is 30.3 Å². The minimum absolute atomic E-state index is 0.951. The largest absolute Gasteiger partial charge is 0.349 e. The monoisotopic (exact) mass is 239 g/mol. The van der Waals surface area contributed by atoms with Crippen molar-refractivity contribution in [3.63, 3.8) is 0 Å². The van der Waals surface area contributed by atoms with Crippen molar-refractivity contribution in [3.05, 3.63) is 59.4 Å². The van der Waals surface area contributed by atoms with Crippen LogP contribution in [0.3, 0.4) is 0 Å². The van der Waals surface area contributed by atoms with Gasteiger partial charge in [-0.25, -0.2) is 0 Å². The second kappa shape index (κ2) is 5.01. The molecule has 1 aromatic heterocycles. The number of hydrogen-bond acceptors (Lipinski definition) is 0. The Balaban J connectivity index is 1.68. The van der Waals surface area contributed by atoms with E-state index in [2.05, 4.69) is 54.0 Å². The first-order valence-corrected chi connectivity index (χ1v) is 7.02. The molecule has 0 spiro atoms. The van der Waals surface area contributed by atoms with Crippen LogP contribution in [0.2, 0.25) is 0 Å². The van der Waals surface area contributed by atoms with Crippen LogP contribution in [0.15, 0.2) is 42.5 Å². The molecule has 0 aliphatic heterocycles. The fraction of sp³-hybridized carbons (Fsp3) is 0.412. The number of aromatic nitrogens is 1. The van der Waals surface area contributed by atoms with Crippen molar-refractivity contribution in [1.29, 1.82) is 0 Å². The molecule has 1 aromatic carbocycles. The fourth-order valence-corrected chi connectivity index (χ4v) is 2.58. The first kappa shape index (κ1) is 11.6. The van der Waals surface area contributed by atoms with Crippen LogP contribution >= 0.6 is 0 Å². The fourth-order valence-electron chi connectivity index (χ4n) is 2.58. The summed E-state index contributed by atoms with van der Waals surface area (Å²) in [4.78, 5) is 0. The van der Waals surface area contributed by atoms with E-state index in [1.54, 1.807) is 0 Å². The topological polar surface area (TPSA) is 4.93 Å². The SMILES string of the molecule is Cc1ccc(CCc2ccccc2)n1CC1CC1. The van der Waals surface area contributed by atoms with Crippen molar-refractivity contribution < 1.29 is 0 Å². The van der Waals surface area contributed by atoms with Gasteiger partial charge in [0.05, 0.1) is 0 Å². The lowest BCUT2D eigenvalue weighted by Crippen LogP contribution is -2.07. The summed E-state index contributed by atoms with van der Waals surface area (Å²) in [6, 6.07) is 15.4. The highest BCUT2D eigenvalue weighted by Crippen LogP contribution is 2.31. The van der Waals surface area contributed by atoms with Crippen molar-refractivity contribution in [2.24, 2.45) is 5.92 Å². The number of nitrogens with zero attached hydrogens (tertiary/aromatic N) is 1. The maximum absolute atomic E-state index is 2.53. The zero-order valence-electron chi connectivity index (χ0n) is 11.1. The van der Waals surface area contributed by atoms with Crippen LogP contribution in [0, 0.1) is 12.8 Å². The third kappa shape index (κ3) is 2.66. The summed E-state index contributed by atoms with van der Waals surface area (Å²) in [6.07, 6.45) is 5.16. The second-order valence-electron chi connectivity index (χ2n) is 5.51. The summed E-state index contributed by atoms with van der Waals surface area (Å²) in [5.41, 5.74) is 4.36. The highest BCUT2D eigenvalue weighted by atomic mass is 15.0. The molecule has 1 heteroatoms. The Hall–Kier alpha value is -1.50. The zero-order valence-corrected chi connectivity index (χ0v) is 11.1. The normalized spacial score (nSPS) is 14.9. The molecule has 2 aromatic rings.